The Bertz CT molecular complexity index is 1760. The van der Waals surface area contributed by atoms with E-state index in [-0.39, 0.29) is 47.3 Å². The van der Waals surface area contributed by atoms with Crippen LogP contribution in [0.1, 0.15) is 38.2 Å². The second kappa shape index (κ2) is 11.2. The molecule has 0 saturated heterocycles. The lowest BCUT2D eigenvalue weighted by Gasteiger charge is -2.13. The highest BCUT2D eigenvalue weighted by atomic mass is 16.3. The van der Waals surface area contributed by atoms with Gasteiger partial charge in [0.05, 0.1) is 11.3 Å². The van der Waals surface area contributed by atoms with Crippen molar-refractivity contribution >= 4 is 16.8 Å². The Labute approximate surface area is 234 Å². The molecular weight excluding hydrogens is 528 g/mol. The van der Waals surface area contributed by atoms with Crippen LogP contribution in [0.25, 0.3) is 28.0 Å². The number of H-pyrrole nitrogens is 1. The number of hydrogen-bond acceptors (Lipinski definition) is 7. The van der Waals surface area contributed by atoms with Crippen molar-refractivity contribution in [1.82, 2.24) is 29.2 Å². The Balaban J connectivity index is 1.28. The van der Waals surface area contributed by atoms with Gasteiger partial charge in [-0.05, 0) is 48.2 Å². The number of phenolic OH excluding ortho intramolecular Hbond substituents is 2. The van der Waals surface area contributed by atoms with Gasteiger partial charge in [-0.2, -0.15) is 5.10 Å². The van der Waals surface area contributed by atoms with Crippen molar-refractivity contribution in [3.63, 3.8) is 0 Å². The van der Waals surface area contributed by atoms with E-state index in [1.54, 1.807) is 12.1 Å². The van der Waals surface area contributed by atoms with Crippen LogP contribution < -0.4 is 11.0 Å². The lowest BCUT2D eigenvalue weighted by atomic mass is 9.98. The number of amides is 1. The molecule has 0 unspecified atom stereocenters. The number of rotatable bonds is 10. The highest BCUT2D eigenvalue weighted by Crippen LogP contribution is 2.37. The van der Waals surface area contributed by atoms with Crippen LogP contribution in [-0.2, 0) is 17.9 Å². The van der Waals surface area contributed by atoms with Crippen LogP contribution in [-0.4, -0.2) is 56.8 Å². The summed E-state index contributed by atoms with van der Waals surface area (Å²) < 4.78 is 4.71. The lowest BCUT2D eigenvalue weighted by Crippen LogP contribution is -2.27. The van der Waals surface area contributed by atoms with Crippen molar-refractivity contribution in [2.45, 2.75) is 45.7 Å². The Morgan fingerprint density at radius 1 is 0.976 bits per heavy atom. The molecule has 1 amide bonds. The predicted octanol–water partition coefficient (Wildman–Crippen LogP) is 3.53. The van der Waals surface area contributed by atoms with Crippen LogP contribution in [0.3, 0.4) is 0 Å². The molecule has 41 heavy (non-hydrogen) atoms. The summed E-state index contributed by atoms with van der Waals surface area (Å²) >= 11 is 0. The van der Waals surface area contributed by atoms with Crippen molar-refractivity contribution in [1.29, 1.82) is 0 Å². The fourth-order valence-corrected chi connectivity index (χ4v) is 4.95. The maximum Gasteiger partial charge on any atom is 0.348 e. The number of hydrogen-bond donors (Lipinski definition) is 6. The van der Waals surface area contributed by atoms with Gasteiger partial charge in [0, 0.05) is 61.4 Å². The molecule has 3 aromatic heterocycles. The van der Waals surface area contributed by atoms with Gasteiger partial charge in [-0.1, -0.05) is 13.8 Å². The summed E-state index contributed by atoms with van der Waals surface area (Å²) in [6.45, 7) is 5.11. The zero-order valence-corrected chi connectivity index (χ0v) is 22.7. The molecule has 0 saturated carbocycles. The van der Waals surface area contributed by atoms with Crippen molar-refractivity contribution in [2.24, 2.45) is 0 Å². The molecular formula is C29H32N6O6. The molecule has 0 radical (unpaired) electrons. The number of aromatic nitrogens is 5. The number of aromatic hydroxyl groups is 4. The smallest absolute Gasteiger partial charge is 0.348 e. The highest BCUT2D eigenvalue weighted by molar-refractivity contribution is 5.83. The van der Waals surface area contributed by atoms with Gasteiger partial charge in [0.25, 0.3) is 0 Å². The quantitative estimate of drug-likeness (QED) is 0.152. The van der Waals surface area contributed by atoms with E-state index >= 15 is 0 Å². The molecule has 5 rings (SSSR count). The summed E-state index contributed by atoms with van der Waals surface area (Å²) in [4.78, 5) is 25.0. The molecule has 0 spiro atoms. The van der Waals surface area contributed by atoms with Gasteiger partial charge in [-0.15, -0.1) is 0 Å². The Kier molecular flexibility index (Phi) is 7.47. The molecule has 2 aromatic carbocycles. The molecule has 12 heteroatoms. The minimum absolute atomic E-state index is 0.0110. The second-order valence-electron chi connectivity index (χ2n) is 10.2. The molecule has 12 nitrogen and oxygen atoms in total. The minimum Gasteiger partial charge on any atom is -0.508 e. The summed E-state index contributed by atoms with van der Waals surface area (Å²) in [6.07, 6.45) is 2.62. The third-order valence-electron chi connectivity index (χ3n) is 7.09. The van der Waals surface area contributed by atoms with E-state index in [1.807, 2.05) is 42.8 Å². The van der Waals surface area contributed by atoms with E-state index < -0.39 is 5.69 Å². The number of carbonyl (C=O) groups excluding carboxylic acids is 1. The zero-order chi connectivity index (χ0) is 29.3. The van der Waals surface area contributed by atoms with Crippen LogP contribution in [0.4, 0.5) is 0 Å². The van der Waals surface area contributed by atoms with Crippen molar-refractivity contribution < 1.29 is 25.2 Å². The molecule has 6 N–H and O–H groups in total. The molecule has 3 heterocycles. The standard InChI is InChI=1S/C29H32N6O6/c1-17(2)20-15-21(24(37)16-23(20)36)28-31-32-29(41)35(28)19-5-6-22-18(14-19)9-12-33(22)13-10-30-25(38)4-3-11-34-26(39)7-8-27(34)40/h5-9,12,14-17,36-37,39-40H,3-4,10-11,13H2,1-2H3,(H,30,38)(H,32,41). The van der Waals surface area contributed by atoms with Gasteiger partial charge >= 0.3 is 5.69 Å². The normalized spacial score (nSPS) is 11.5. The minimum atomic E-state index is -0.470. The first kappa shape index (κ1) is 27.4. The summed E-state index contributed by atoms with van der Waals surface area (Å²) in [7, 11) is 0. The van der Waals surface area contributed by atoms with Crippen molar-refractivity contribution in [3.8, 4) is 40.3 Å². The van der Waals surface area contributed by atoms with E-state index in [2.05, 4.69) is 15.5 Å². The van der Waals surface area contributed by atoms with Gasteiger partial charge in [-0.3, -0.25) is 9.36 Å². The Morgan fingerprint density at radius 3 is 2.46 bits per heavy atom. The molecule has 0 bridgehead atoms. The first-order chi connectivity index (χ1) is 19.6. The van der Waals surface area contributed by atoms with E-state index in [1.165, 1.54) is 27.3 Å². The van der Waals surface area contributed by atoms with E-state index in [9.17, 15) is 30.0 Å². The third-order valence-corrected chi connectivity index (χ3v) is 7.09. The van der Waals surface area contributed by atoms with Gasteiger partial charge in [0.1, 0.15) is 11.5 Å². The molecule has 0 aliphatic carbocycles. The van der Waals surface area contributed by atoms with Gasteiger partial charge in [-0.25, -0.2) is 14.5 Å². The average molecular weight is 561 g/mol. The SMILES string of the molecule is CC(C)c1cc(-c2n[nH]c(=O)n2-c2ccc3c(ccn3CCNC(=O)CCCn3c(O)ccc3O)c2)c(O)cc1O. The van der Waals surface area contributed by atoms with E-state index in [4.69, 9.17) is 0 Å². The largest absolute Gasteiger partial charge is 0.508 e. The summed E-state index contributed by atoms with van der Waals surface area (Å²) in [5.41, 5.74) is 1.94. The molecule has 0 aliphatic heterocycles. The third kappa shape index (κ3) is 5.49. The van der Waals surface area contributed by atoms with E-state index in [0.29, 0.717) is 42.9 Å². The number of nitrogens with zero attached hydrogens (tertiary/aromatic N) is 4. The van der Waals surface area contributed by atoms with Crippen LogP contribution in [0, 0.1) is 0 Å². The van der Waals surface area contributed by atoms with Crippen LogP contribution in [0.5, 0.6) is 23.3 Å². The number of carbonyl (C=O) groups is 1. The number of benzene rings is 2. The molecule has 0 atom stereocenters. The monoisotopic (exact) mass is 560 g/mol. The molecule has 5 aromatic rings. The van der Waals surface area contributed by atoms with Crippen molar-refractivity contribution in [2.75, 3.05) is 6.54 Å². The number of nitrogens with one attached hydrogen (secondary N) is 2. The van der Waals surface area contributed by atoms with E-state index in [0.717, 1.165) is 10.9 Å². The molecule has 214 valence electrons. The fourth-order valence-electron chi connectivity index (χ4n) is 4.95. The number of aromatic amines is 1. The fraction of sp³-hybridized carbons (Fsp3) is 0.276. The lowest BCUT2D eigenvalue weighted by molar-refractivity contribution is -0.121. The number of fused-ring (bicyclic) bond motifs is 1. The molecule has 0 aliphatic rings. The van der Waals surface area contributed by atoms with Crippen molar-refractivity contribution in [3.05, 3.63) is 70.8 Å². The predicted molar refractivity (Wildman–Crippen MR) is 153 cm³/mol. The maximum atomic E-state index is 12.8. The molecule has 0 fully saturated rings. The zero-order valence-electron chi connectivity index (χ0n) is 22.7. The van der Waals surface area contributed by atoms with Crippen LogP contribution >= 0.6 is 0 Å². The summed E-state index contributed by atoms with van der Waals surface area (Å²) in [5, 5.41) is 50.5. The average Bonchev–Trinajstić information content (AvgIpc) is 3.61. The first-order valence-electron chi connectivity index (χ1n) is 13.3. The van der Waals surface area contributed by atoms with Crippen LogP contribution in [0.15, 0.2) is 59.5 Å². The number of phenols is 2. The second-order valence-corrected chi connectivity index (χ2v) is 10.2. The van der Waals surface area contributed by atoms with Gasteiger partial charge < -0.3 is 30.3 Å². The highest BCUT2D eigenvalue weighted by Gasteiger charge is 2.20. The summed E-state index contributed by atoms with van der Waals surface area (Å²) in [6, 6.07) is 13.1. The first-order valence-corrected chi connectivity index (χ1v) is 13.3. The Morgan fingerprint density at radius 2 is 1.73 bits per heavy atom. The van der Waals surface area contributed by atoms with Gasteiger partial charge in [0.15, 0.2) is 17.6 Å². The van der Waals surface area contributed by atoms with Gasteiger partial charge in [0.2, 0.25) is 5.91 Å². The Hall–Kier alpha value is -5.13. The summed E-state index contributed by atoms with van der Waals surface area (Å²) in [5.74, 6) is -0.220. The van der Waals surface area contributed by atoms with Crippen LogP contribution in [0.2, 0.25) is 0 Å². The maximum absolute atomic E-state index is 12.8. The topological polar surface area (TPSA) is 171 Å².